The lowest BCUT2D eigenvalue weighted by molar-refractivity contribution is 0.484. The van der Waals surface area contributed by atoms with Crippen LogP contribution in [0.3, 0.4) is 0 Å². The molecule has 6 heteroatoms. The summed E-state index contributed by atoms with van der Waals surface area (Å²) in [6.45, 7) is 0. The maximum absolute atomic E-state index is 11.0. The van der Waals surface area contributed by atoms with E-state index in [1.54, 1.807) is 12.1 Å². The molecule has 0 saturated heterocycles. The van der Waals surface area contributed by atoms with Crippen molar-refractivity contribution in [1.29, 1.82) is 0 Å². The molecule has 0 aliphatic carbocycles. The van der Waals surface area contributed by atoms with E-state index in [0.717, 1.165) is 0 Å². The molecule has 0 amide bonds. The van der Waals surface area contributed by atoms with Gasteiger partial charge in [0.15, 0.2) is 0 Å². The fourth-order valence-corrected chi connectivity index (χ4v) is 2.02. The van der Waals surface area contributed by atoms with E-state index in [9.17, 15) is 8.42 Å². The lowest BCUT2D eigenvalue weighted by Gasteiger charge is -2.04. The number of nitrogen functional groups attached to an aromatic ring is 1. The zero-order valence-corrected chi connectivity index (χ0v) is 8.40. The zero-order valence-electron chi connectivity index (χ0n) is 7.58. The molecule has 0 spiro atoms. The molecule has 0 atom stereocenters. The van der Waals surface area contributed by atoms with Crippen molar-refractivity contribution in [3.05, 3.63) is 30.5 Å². The Bertz CT molecular complexity index is 622. The van der Waals surface area contributed by atoms with Crippen molar-refractivity contribution in [2.24, 2.45) is 0 Å². The van der Waals surface area contributed by atoms with Crippen LogP contribution < -0.4 is 5.73 Å². The number of hydrogen-bond acceptors (Lipinski definition) is 4. The van der Waals surface area contributed by atoms with E-state index in [4.69, 9.17) is 10.3 Å². The molecule has 2 aromatic rings. The molecule has 2 rings (SSSR count). The third-order valence-electron chi connectivity index (χ3n) is 2.04. The highest BCUT2D eigenvalue weighted by molar-refractivity contribution is 7.86. The van der Waals surface area contributed by atoms with Gasteiger partial charge < -0.3 is 5.73 Å². The average molecular weight is 224 g/mol. The third-order valence-corrected chi connectivity index (χ3v) is 2.93. The highest BCUT2D eigenvalue weighted by Gasteiger charge is 2.15. The summed E-state index contributed by atoms with van der Waals surface area (Å²) in [6.07, 6.45) is 1.44. The number of nitrogens with zero attached hydrogens (tertiary/aromatic N) is 1. The first-order valence-corrected chi connectivity index (χ1v) is 5.55. The van der Waals surface area contributed by atoms with E-state index in [-0.39, 0.29) is 10.4 Å². The molecule has 0 saturated carbocycles. The molecule has 0 unspecified atom stereocenters. The standard InChI is InChI=1S/C9H8N2O3S/c10-7-3-4-8(15(12,13)14)9-6(7)2-1-5-11-9/h1-5H,10H2,(H,12,13,14). The monoisotopic (exact) mass is 224 g/mol. The zero-order chi connectivity index (χ0) is 11.1. The van der Waals surface area contributed by atoms with E-state index >= 15 is 0 Å². The van der Waals surface area contributed by atoms with Crippen LogP contribution in [-0.2, 0) is 10.1 Å². The third kappa shape index (κ3) is 1.64. The number of fused-ring (bicyclic) bond motifs is 1. The number of pyridine rings is 1. The van der Waals surface area contributed by atoms with Gasteiger partial charge in [0.1, 0.15) is 4.90 Å². The number of benzene rings is 1. The smallest absolute Gasteiger partial charge is 0.296 e. The summed E-state index contributed by atoms with van der Waals surface area (Å²) in [6, 6.07) is 5.95. The Morgan fingerprint density at radius 3 is 2.67 bits per heavy atom. The van der Waals surface area contributed by atoms with E-state index in [1.807, 2.05) is 0 Å². The average Bonchev–Trinajstić information content (AvgIpc) is 2.17. The van der Waals surface area contributed by atoms with Gasteiger partial charge in [-0.25, -0.2) is 0 Å². The SMILES string of the molecule is Nc1ccc(S(=O)(=O)O)c2ncccc12. The van der Waals surface area contributed by atoms with Gasteiger partial charge in [-0.2, -0.15) is 8.42 Å². The second-order valence-electron chi connectivity index (χ2n) is 3.03. The van der Waals surface area contributed by atoms with Crippen LogP contribution in [0, 0.1) is 0 Å². The maximum atomic E-state index is 11.0. The number of nitrogens with two attached hydrogens (primary N) is 1. The topological polar surface area (TPSA) is 93.3 Å². The van der Waals surface area contributed by atoms with Crippen LogP contribution in [0.5, 0.6) is 0 Å². The second kappa shape index (κ2) is 3.18. The van der Waals surface area contributed by atoms with Crippen molar-refractivity contribution < 1.29 is 13.0 Å². The van der Waals surface area contributed by atoms with Crippen LogP contribution in [0.15, 0.2) is 35.4 Å². The lowest BCUT2D eigenvalue weighted by Crippen LogP contribution is -2.01. The van der Waals surface area contributed by atoms with E-state index in [0.29, 0.717) is 11.1 Å². The summed E-state index contributed by atoms with van der Waals surface area (Å²) in [5.74, 6) is 0. The van der Waals surface area contributed by atoms with Gasteiger partial charge in [0.2, 0.25) is 0 Å². The minimum atomic E-state index is -4.26. The first kappa shape index (κ1) is 9.88. The van der Waals surface area contributed by atoms with Gasteiger partial charge in [-0.15, -0.1) is 0 Å². The summed E-state index contributed by atoms with van der Waals surface area (Å²) >= 11 is 0. The first-order valence-electron chi connectivity index (χ1n) is 4.11. The van der Waals surface area contributed by atoms with Crippen LogP contribution in [0.25, 0.3) is 10.9 Å². The second-order valence-corrected chi connectivity index (χ2v) is 4.42. The molecule has 1 aromatic heterocycles. The van der Waals surface area contributed by atoms with Gasteiger partial charge >= 0.3 is 0 Å². The van der Waals surface area contributed by atoms with Crippen molar-refractivity contribution in [2.75, 3.05) is 5.73 Å². The molecular weight excluding hydrogens is 216 g/mol. The Kier molecular flexibility index (Phi) is 2.09. The largest absolute Gasteiger partial charge is 0.398 e. The Balaban J connectivity index is 2.96. The molecule has 0 aliphatic heterocycles. The number of anilines is 1. The van der Waals surface area contributed by atoms with Crippen molar-refractivity contribution in [3.8, 4) is 0 Å². The normalized spacial score (nSPS) is 11.8. The minimum absolute atomic E-state index is 0.181. The first-order chi connectivity index (χ1) is 7.00. The van der Waals surface area contributed by atoms with E-state index in [2.05, 4.69) is 4.98 Å². The maximum Gasteiger partial charge on any atom is 0.296 e. The molecule has 5 nitrogen and oxygen atoms in total. The van der Waals surface area contributed by atoms with E-state index < -0.39 is 10.1 Å². The Labute approximate surface area is 86.3 Å². The van der Waals surface area contributed by atoms with Gasteiger partial charge in [-0.1, -0.05) is 0 Å². The highest BCUT2D eigenvalue weighted by Crippen LogP contribution is 2.25. The van der Waals surface area contributed by atoms with E-state index in [1.165, 1.54) is 18.3 Å². The van der Waals surface area contributed by atoms with Crippen molar-refractivity contribution in [2.45, 2.75) is 4.90 Å². The highest BCUT2D eigenvalue weighted by atomic mass is 32.2. The van der Waals surface area contributed by atoms with Crippen LogP contribution in [-0.4, -0.2) is 18.0 Å². The van der Waals surface area contributed by atoms with Crippen molar-refractivity contribution in [1.82, 2.24) is 4.98 Å². The van der Waals surface area contributed by atoms with Gasteiger partial charge in [0, 0.05) is 17.3 Å². The fourth-order valence-electron chi connectivity index (χ4n) is 1.38. The molecule has 78 valence electrons. The summed E-state index contributed by atoms with van der Waals surface area (Å²) < 4.78 is 31.0. The van der Waals surface area contributed by atoms with Gasteiger partial charge in [0.05, 0.1) is 5.52 Å². The number of aromatic nitrogens is 1. The molecule has 1 heterocycles. The molecule has 15 heavy (non-hydrogen) atoms. The minimum Gasteiger partial charge on any atom is -0.398 e. The molecule has 1 aromatic carbocycles. The number of rotatable bonds is 1. The summed E-state index contributed by atoms with van der Waals surface area (Å²) in [5.41, 5.74) is 6.25. The summed E-state index contributed by atoms with van der Waals surface area (Å²) in [5, 5.41) is 0.507. The van der Waals surface area contributed by atoms with Crippen LogP contribution in [0.2, 0.25) is 0 Å². The Morgan fingerprint density at radius 2 is 2.00 bits per heavy atom. The van der Waals surface area contributed by atoms with Crippen LogP contribution in [0.4, 0.5) is 5.69 Å². The fraction of sp³-hybridized carbons (Fsp3) is 0. The van der Waals surface area contributed by atoms with Gasteiger partial charge in [-0.05, 0) is 24.3 Å². The van der Waals surface area contributed by atoms with Gasteiger partial charge in [0.25, 0.3) is 10.1 Å². The Morgan fingerprint density at radius 1 is 1.27 bits per heavy atom. The van der Waals surface area contributed by atoms with Gasteiger partial charge in [-0.3, -0.25) is 9.54 Å². The van der Waals surface area contributed by atoms with Crippen LogP contribution >= 0.6 is 0 Å². The number of hydrogen-bond donors (Lipinski definition) is 2. The van der Waals surface area contributed by atoms with Crippen molar-refractivity contribution >= 4 is 26.7 Å². The molecule has 0 fully saturated rings. The predicted molar refractivity (Wildman–Crippen MR) is 56.0 cm³/mol. The Hall–Kier alpha value is -1.66. The molecule has 0 radical (unpaired) electrons. The predicted octanol–water partition coefficient (Wildman–Crippen LogP) is 1.06. The quantitative estimate of drug-likeness (QED) is 0.558. The molecule has 0 aliphatic rings. The van der Waals surface area contributed by atoms with Crippen LogP contribution in [0.1, 0.15) is 0 Å². The lowest BCUT2D eigenvalue weighted by atomic mass is 10.2. The van der Waals surface area contributed by atoms with Crippen molar-refractivity contribution in [3.63, 3.8) is 0 Å². The molecular formula is C9H8N2O3S. The molecule has 3 N–H and O–H groups in total. The summed E-state index contributed by atoms with van der Waals surface area (Å²) in [4.78, 5) is 3.66. The molecule has 0 bridgehead atoms. The summed E-state index contributed by atoms with van der Waals surface area (Å²) in [7, 11) is -4.26.